The molecular formula is C13H12N2OS. The summed E-state index contributed by atoms with van der Waals surface area (Å²) in [4.78, 5) is 12.2. The van der Waals surface area contributed by atoms with Gasteiger partial charge in [-0.1, -0.05) is 36.4 Å². The highest BCUT2D eigenvalue weighted by molar-refractivity contribution is 7.12. The molecule has 0 saturated carbocycles. The maximum atomic E-state index is 11.5. The van der Waals surface area contributed by atoms with Gasteiger partial charge < -0.3 is 0 Å². The van der Waals surface area contributed by atoms with E-state index in [-0.39, 0.29) is 5.91 Å². The molecule has 0 aliphatic heterocycles. The van der Waals surface area contributed by atoms with E-state index in [4.69, 9.17) is 0 Å². The Morgan fingerprint density at radius 3 is 2.76 bits per heavy atom. The van der Waals surface area contributed by atoms with Crippen molar-refractivity contribution in [2.45, 2.75) is 6.42 Å². The van der Waals surface area contributed by atoms with Crippen molar-refractivity contribution in [2.75, 3.05) is 0 Å². The zero-order valence-corrected chi connectivity index (χ0v) is 9.98. The molecule has 2 rings (SSSR count). The molecule has 17 heavy (non-hydrogen) atoms. The number of nitrogens with zero attached hydrogens (tertiary/aromatic N) is 1. The average molecular weight is 244 g/mol. The molecule has 0 bridgehead atoms. The van der Waals surface area contributed by atoms with Gasteiger partial charge in [-0.05, 0) is 17.0 Å². The van der Waals surface area contributed by atoms with Crippen molar-refractivity contribution < 1.29 is 4.79 Å². The summed E-state index contributed by atoms with van der Waals surface area (Å²) >= 11 is 1.40. The van der Waals surface area contributed by atoms with Crippen LogP contribution in [0.15, 0.2) is 52.9 Å². The number of hydrogen-bond donors (Lipinski definition) is 1. The van der Waals surface area contributed by atoms with Crippen LogP contribution in [0.1, 0.15) is 15.2 Å². The van der Waals surface area contributed by atoms with Crippen molar-refractivity contribution in [3.05, 3.63) is 58.3 Å². The molecule has 1 aromatic heterocycles. The largest absolute Gasteiger partial charge is 0.281 e. The summed E-state index contributed by atoms with van der Waals surface area (Å²) in [6, 6.07) is 13.6. The van der Waals surface area contributed by atoms with Gasteiger partial charge in [0.05, 0.1) is 4.88 Å². The quantitative estimate of drug-likeness (QED) is 0.652. The first-order valence-electron chi connectivity index (χ1n) is 5.25. The van der Waals surface area contributed by atoms with Gasteiger partial charge in [0, 0.05) is 12.6 Å². The summed E-state index contributed by atoms with van der Waals surface area (Å²) in [7, 11) is 0. The van der Waals surface area contributed by atoms with Gasteiger partial charge in [0.2, 0.25) is 0 Å². The van der Waals surface area contributed by atoms with Gasteiger partial charge in [-0.25, -0.2) is 5.43 Å². The van der Waals surface area contributed by atoms with Crippen LogP contribution in [0.25, 0.3) is 0 Å². The monoisotopic (exact) mass is 244 g/mol. The van der Waals surface area contributed by atoms with Crippen LogP contribution in [0.3, 0.4) is 0 Å². The Morgan fingerprint density at radius 2 is 2.06 bits per heavy atom. The summed E-state index contributed by atoms with van der Waals surface area (Å²) in [5, 5.41) is 5.77. The first kappa shape index (κ1) is 11.5. The Hall–Kier alpha value is -1.94. The number of thiophene rings is 1. The summed E-state index contributed by atoms with van der Waals surface area (Å²) < 4.78 is 0. The Kier molecular flexibility index (Phi) is 4.05. The van der Waals surface area contributed by atoms with Crippen molar-refractivity contribution in [3.63, 3.8) is 0 Å². The molecule has 2 aromatic rings. The van der Waals surface area contributed by atoms with Crippen LogP contribution < -0.4 is 5.43 Å². The van der Waals surface area contributed by atoms with Crippen LogP contribution >= 0.6 is 11.3 Å². The minimum absolute atomic E-state index is 0.163. The summed E-state index contributed by atoms with van der Waals surface area (Å²) in [6.07, 6.45) is 2.41. The lowest BCUT2D eigenvalue weighted by atomic mass is 10.2. The third kappa shape index (κ3) is 3.53. The van der Waals surface area contributed by atoms with Crippen molar-refractivity contribution in [1.29, 1.82) is 0 Å². The standard InChI is InChI=1S/C13H12N2OS/c16-13(12-7-4-10-17-12)15-14-9-8-11-5-2-1-3-6-11/h1-7,9-10H,8H2,(H,15,16)/b14-9+. The second-order valence-electron chi connectivity index (χ2n) is 3.42. The molecule has 86 valence electrons. The van der Waals surface area contributed by atoms with E-state index in [0.29, 0.717) is 11.3 Å². The zero-order valence-electron chi connectivity index (χ0n) is 9.17. The van der Waals surface area contributed by atoms with Gasteiger partial charge in [-0.3, -0.25) is 4.79 Å². The smallest absolute Gasteiger partial charge is 0.266 e. The third-order valence-corrected chi connectivity index (χ3v) is 3.04. The SMILES string of the molecule is O=C(N/N=C/Cc1ccccc1)c1cccs1. The Morgan fingerprint density at radius 1 is 1.24 bits per heavy atom. The van der Waals surface area contributed by atoms with E-state index in [9.17, 15) is 4.79 Å². The van der Waals surface area contributed by atoms with E-state index in [1.54, 1.807) is 12.3 Å². The van der Waals surface area contributed by atoms with E-state index in [1.165, 1.54) is 16.9 Å². The van der Waals surface area contributed by atoms with Crippen LogP contribution in [-0.4, -0.2) is 12.1 Å². The van der Waals surface area contributed by atoms with Crippen LogP contribution in [0.2, 0.25) is 0 Å². The molecule has 0 saturated heterocycles. The minimum Gasteiger partial charge on any atom is -0.266 e. The van der Waals surface area contributed by atoms with E-state index in [0.717, 1.165) is 0 Å². The topological polar surface area (TPSA) is 41.5 Å². The van der Waals surface area contributed by atoms with Gasteiger partial charge in [0.1, 0.15) is 0 Å². The molecule has 0 unspecified atom stereocenters. The van der Waals surface area contributed by atoms with Crippen molar-refractivity contribution in [3.8, 4) is 0 Å². The van der Waals surface area contributed by atoms with Gasteiger partial charge in [-0.2, -0.15) is 5.10 Å². The van der Waals surface area contributed by atoms with Crippen molar-refractivity contribution in [1.82, 2.24) is 5.43 Å². The highest BCUT2D eigenvalue weighted by atomic mass is 32.1. The molecule has 0 fully saturated rings. The Labute approximate surface area is 104 Å². The van der Waals surface area contributed by atoms with Crippen LogP contribution in [0.4, 0.5) is 0 Å². The van der Waals surface area contributed by atoms with E-state index >= 15 is 0 Å². The lowest BCUT2D eigenvalue weighted by Crippen LogP contribution is -2.16. The van der Waals surface area contributed by atoms with Crippen LogP contribution in [0.5, 0.6) is 0 Å². The molecule has 1 N–H and O–H groups in total. The normalized spacial score (nSPS) is 10.6. The fourth-order valence-corrected chi connectivity index (χ4v) is 1.95. The van der Waals surface area contributed by atoms with Crippen molar-refractivity contribution >= 4 is 23.5 Å². The van der Waals surface area contributed by atoms with E-state index in [1.807, 2.05) is 41.8 Å². The number of amides is 1. The summed E-state index contributed by atoms with van der Waals surface area (Å²) in [6.45, 7) is 0. The number of carbonyl (C=O) groups excluding carboxylic acids is 1. The number of nitrogens with one attached hydrogen (secondary N) is 1. The lowest BCUT2D eigenvalue weighted by Gasteiger charge is -1.96. The molecule has 4 heteroatoms. The van der Waals surface area contributed by atoms with Gasteiger partial charge >= 0.3 is 0 Å². The number of benzene rings is 1. The summed E-state index contributed by atoms with van der Waals surface area (Å²) in [5.41, 5.74) is 3.66. The number of hydrogen-bond acceptors (Lipinski definition) is 3. The number of hydrazone groups is 1. The molecule has 1 amide bonds. The molecule has 0 aliphatic rings. The van der Waals surface area contributed by atoms with E-state index < -0.39 is 0 Å². The first-order chi connectivity index (χ1) is 8.36. The highest BCUT2D eigenvalue weighted by Gasteiger charge is 2.03. The Balaban J connectivity index is 1.81. The van der Waals surface area contributed by atoms with Gasteiger partial charge in [0.25, 0.3) is 5.91 Å². The lowest BCUT2D eigenvalue weighted by molar-refractivity contribution is 0.0959. The highest BCUT2D eigenvalue weighted by Crippen LogP contribution is 2.07. The van der Waals surface area contributed by atoms with Crippen LogP contribution in [0, 0.1) is 0 Å². The second kappa shape index (κ2) is 5.96. The fraction of sp³-hybridized carbons (Fsp3) is 0.0769. The maximum absolute atomic E-state index is 11.5. The molecular weight excluding hydrogens is 232 g/mol. The van der Waals surface area contributed by atoms with E-state index in [2.05, 4.69) is 10.5 Å². The molecule has 0 spiro atoms. The van der Waals surface area contributed by atoms with Gasteiger partial charge in [0.15, 0.2) is 0 Å². The minimum atomic E-state index is -0.163. The number of carbonyl (C=O) groups is 1. The third-order valence-electron chi connectivity index (χ3n) is 2.17. The average Bonchev–Trinajstić information content (AvgIpc) is 2.89. The molecule has 1 heterocycles. The molecule has 3 nitrogen and oxygen atoms in total. The molecule has 1 aromatic carbocycles. The predicted molar refractivity (Wildman–Crippen MR) is 70.4 cm³/mol. The maximum Gasteiger partial charge on any atom is 0.281 e. The molecule has 0 aliphatic carbocycles. The van der Waals surface area contributed by atoms with Gasteiger partial charge in [-0.15, -0.1) is 11.3 Å². The fourth-order valence-electron chi connectivity index (χ4n) is 1.33. The second-order valence-corrected chi connectivity index (χ2v) is 4.37. The number of rotatable bonds is 4. The summed E-state index contributed by atoms with van der Waals surface area (Å²) in [5.74, 6) is -0.163. The zero-order chi connectivity index (χ0) is 11.9. The van der Waals surface area contributed by atoms with Crippen LogP contribution in [-0.2, 0) is 6.42 Å². The molecule has 0 radical (unpaired) electrons. The molecule has 0 atom stereocenters. The van der Waals surface area contributed by atoms with Crippen molar-refractivity contribution in [2.24, 2.45) is 5.10 Å². The first-order valence-corrected chi connectivity index (χ1v) is 6.13. The predicted octanol–water partition coefficient (Wildman–Crippen LogP) is 2.71. The Bertz CT molecular complexity index is 491.